The van der Waals surface area contributed by atoms with Gasteiger partial charge in [-0.2, -0.15) is 13.2 Å². The van der Waals surface area contributed by atoms with Crippen LogP contribution < -0.4 is 5.73 Å². The van der Waals surface area contributed by atoms with Crippen molar-refractivity contribution in [1.29, 1.82) is 0 Å². The summed E-state index contributed by atoms with van der Waals surface area (Å²) in [6.07, 6.45) is -4.26. The number of alkyl halides is 3. The zero-order valence-corrected chi connectivity index (χ0v) is 11.8. The Balaban J connectivity index is 2.33. The molecule has 6 heteroatoms. The van der Waals surface area contributed by atoms with E-state index in [0.717, 1.165) is 17.8 Å². The Morgan fingerprint density at radius 2 is 1.71 bits per heavy atom. The maximum absolute atomic E-state index is 13.1. The largest absolute Gasteiger partial charge is 0.416 e. The molecule has 2 rings (SSSR count). The molecule has 2 aromatic rings. The van der Waals surface area contributed by atoms with Gasteiger partial charge in [0.15, 0.2) is 0 Å². The number of benzene rings is 2. The predicted molar refractivity (Wildman–Crippen MR) is 74.7 cm³/mol. The highest BCUT2D eigenvalue weighted by Gasteiger charge is 2.33. The molecule has 0 spiro atoms. The van der Waals surface area contributed by atoms with Crippen molar-refractivity contribution in [1.82, 2.24) is 0 Å². The van der Waals surface area contributed by atoms with Gasteiger partial charge in [0.2, 0.25) is 0 Å². The number of nitrogens with two attached hydrogens (primary N) is 1. The lowest BCUT2D eigenvalue weighted by molar-refractivity contribution is -0.138. The fourth-order valence-corrected chi connectivity index (χ4v) is 2.83. The van der Waals surface area contributed by atoms with Gasteiger partial charge in [-0.15, -0.1) is 0 Å². The summed E-state index contributed by atoms with van der Waals surface area (Å²) >= 11 is 1.09. The number of halogens is 4. The van der Waals surface area contributed by atoms with Crippen molar-refractivity contribution in [3.63, 3.8) is 0 Å². The maximum atomic E-state index is 13.1. The van der Waals surface area contributed by atoms with E-state index in [4.69, 9.17) is 5.73 Å². The molecule has 0 fully saturated rings. The zero-order chi connectivity index (χ0) is 15.5. The summed E-state index contributed by atoms with van der Waals surface area (Å²) in [6, 6.07) is 9.84. The second kappa shape index (κ2) is 6.49. The minimum Gasteiger partial charge on any atom is -0.330 e. The van der Waals surface area contributed by atoms with Crippen LogP contribution in [0.25, 0.3) is 0 Å². The van der Waals surface area contributed by atoms with E-state index in [9.17, 15) is 17.6 Å². The summed E-state index contributed by atoms with van der Waals surface area (Å²) < 4.78 is 52.2. The minimum atomic E-state index is -4.43. The second-order valence-corrected chi connectivity index (χ2v) is 5.56. The standard InChI is InChI=1S/C15H13F4NS/c16-11-2-1-3-12(8-11)21-13-5-4-10(6-7-20)14(9-13)15(17,18)19/h1-5,8-9H,6-7,20H2. The molecule has 0 aliphatic rings. The lowest BCUT2D eigenvalue weighted by Gasteiger charge is -2.14. The van der Waals surface area contributed by atoms with Gasteiger partial charge in [-0.05, 0) is 48.9 Å². The fourth-order valence-electron chi connectivity index (χ4n) is 1.92. The summed E-state index contributed by atoms with van der Waals surface area (Å²) in [4.78, 5) is 0.961. The van der Waals surface area contributed by atoms with E-state index in [2.05, 4.69) is 0 Å². The van der Waals surface area contributed by atoms with Crippen LogP contribution in [0.4, 0.5) is 17.6 Å². The van der Waals surface area contributed by atoms with E-state index in [1.165, 1.54) is 24.3 Å². The molecule has 0 aromatic heterocycles. The number of hydrogen-bond donors (Lipinski definition) is 1. The summed E-state index contributed by atoms with van der Waals surface area (Å²) in [7, 11) is 0. The van der Waals surface area contributed by atoms with Crippen LogP contribution >= 0.6 is 11.8 Å². The first kappa shape index (κ1) is 15.9. The molecule has 112 valence electrons. The number of rotatable bonds is 4. The van der Waals surface area contributed by atoms with Crippen molar-refractivity contribution < 1.29 is 17.6 Å². The van der Waals surface area contributed by atoms with Crippen molar-refractivity contribution in [2.45, 2.75) is 22.4 Å². The van der Waals surface area contributed by atoms with Crippen LogP contribution in [0.15, 0.2) is 52.3 Å². The SMILES string of the molecule is NCCc1ccc(Sc2cccc(F)c2)cc1C(F)(F)F. The lowest BCUT2D eigenvalue weighted by atomic mass is 10.0. The summed E-state index contributed by atoms with van der Waals surface area (Å²) in [5.41, 5.74) is 4.83. The Bertz CT molecular complexity index is 625. The quantitative estimate of drug-likeness (QED) is 0.841. The highest BCUT2D eigenvalue weighted by molar-refractivity contribution is 7.99. The monoisotopic (exact) mass is 315 g/mol. The Kier molecular flexibility index (Phi) is 4.90. The van der Waals surface area contributed by atoms with Crippen LogP contribution in [0.1, 0.15) is 11.1 Å². The van der Waals surface area contributed by atoms with Crippen LogP contribution in [0, 0.1) is 5.82 Å². The molecule has 0 unspecified atom stereocenters. The zero-order valence-electron chi connectivity index (χ0n) is 11.0. The van der Waals surface area contributed by atoms with Crippen LogP contribution in [0.5, 0.6) is 0 Å². The Morgan fingerprint density at radius 3 is 2.33 bits per heavy atom. The van der Waals surface area contributed by atoms with Gasteiger partial charge in [-0.3, -0.25) is 0 Å². The smallest absolute Gasteiger partial charge is 0.330 e. The molecule has 1 nitrogen and oxygen atoms in total. The van der Waals surface area contributed by atoms with Gasteiger partial charge in [0.25, 0.3) is 0 Å². The van der Waals surface area contributed by atoms with Gasteiger partial charge < -0.3 is 5.73 Å². The summed E-state index contributed by atoms with van der Waals surface area (Å²) in [6.45, 7) is 0.152. The molecule has 2 aromatic carbocycles. The fraction of sp³-hybridized carbons (Fsp3) is 0.200. The molecular formula is C15H13F4NS. The van der Waals surface area contributed by atoms with Crippen molar-refractivity contribution >= 4 is 11.8 Å². The molecule has 0 aliphatic carbocycles. The Labute approximate surface area is 124 Å². The van der Waals surface area contributed by atoms with E-state index in [1.54, 1.807) is 12.1 Å². The third-order valence-electron chi connectivity index (χ3n) is 2.83. The van der Waals surface area contributed by atoms with Crippen LogP contribution in [0.3, 0.4) is 0 Å². The number of hydrogen-bond acceptors (Lipinski definition) is 2. The molecule has 0 saturated carbocycles. The first-order chi connectivity index (χ1) is 9.90. The van der Waals surface area contributed by atoms with Gasteiger partial charge in [0.1, 0.15) is 5.82 Å². The lowest BCUT2D eigenvalue weighted by Crippen LogP contribution is -2.12. The van der Waals surface area contributed by atoms with Gasteiger partial charge >= 0.3 is 6.18 Å². The molecule has 2 N–H and O–H groups in total. The molecule has 0 saturated heterocycles. The molecule has 21 heavy (non-hydrogen) atoms. The van der Waals surface area contributed by atoms with Crippen LogP contribution in [-0.2, 0) is 12.6 Å². The molecule has 0 heterocycles. The first-order valence-electron chi connectivity index (χ1n) is 6.24. The highest BCUT2D eigenvalue weighted by Crippen LogP contribution is 2.36. The topological polar surface area (TPSA) is 26.0 Å². The van der Waals surface area contributed by atoms with Gasteiger partial charge in [0, 0.05) is 9.79 Å². The third kappa shape index (κ3) is 4.22. The Hall–Kier alpha value is -1.53. The van der Waals surface area contributed by atoms with E-state index in [-0.39, 0.29) is 18.5 Å². The van der Waals surface area contributed by atoms with E-state index in [1.807, 2.05) is 0 Å². The Morgan fingerprint density at radius 1 is 1.00 bits per heavy atom. The first-order valence-corrected chi connectivity index (χ1v) is 7.05. The van der Waals surface area contributed by atoms with Gasteiger partial charge in [-0.25, -0.2) is 4.39 Å². The molecule has 0 radical (unpaired) electrons. The second-order valence-electron chi connectivity index (χ2n) is 4.41. The molecule has 0 aliphatic heterocycles. The van der Waals surface area contributed by atoms with Gasteiger partial charge in [-0.1, -0.05) is 23.9 Å². The summed E-state index contributed by atoms with van der Waals surface area (Å²) in [5, 5.41) is 0. The van der Waals surface area contributed by atoms with Crippen molar-refractivity contribution in [3.05, 3.63) is 59.4 Å². The van der Waals surface area contributed by atoms with Gasteiger partial charge in [0.05, 0.1) is 5.56 Å². The molecule has 0 amide bonds. The van der Waals surface area contributed by atoms with Crippen LogP contribution in [-0.4, -0.2) is 6.54 Å². The van der Waals surface area contributed by atoms with E-state index < -0.39 is 17.6 Å². The normalized spacial score (nSPS) is 11.7. The van der Waals surface area contributed by atoms with E-state index >= 15 is 0 Å². The van der Waals surface area contributed by atoms with Crippen molar-refractivity contribution in [2.75, 3.05) is 6.54 Å². The molecular weight excluding hydrogens is 302 g/mol. The average Bonchev–Trinajstić information content (AvgIpc) is 2.39. The van der Waals surface area contributed by atoms with Crippen molar-refractivity contribution in [2.24, 2.45) is 5.73 Å². The third-order valence-corrected chi connectivity index (χ3v) is 3.81. The van der Waals surface area contributed by atoms with Crippen LogP contribution in [0.2, 0.25) is 0 Å². The average molecular weight is 315 g/mol. The predicted octanol–water partition coefficient (Wildman–Crippen LogP) is 4.50. The maximum Gasteiger partial charge on any atom is 0.416 e. The van der Waals surface area contributed by atoms with Crippen molar-refractivity contribution in [3.8, 4) is 0 Å². The molecule has 0 bridgehead atoms. The minimum absolute atomic E-state index is 0.152. The van der Waals surface area contributed by atoms with E-state index in [0.29, 0.717) is 9.79 Å². The molecule has 0 atom stereocenters. The highest BCUT2D eigenvalue weighted by atomic mass is 32.2. The summed E-state index contributed by atoms with van der Waals surface area (Å²) in [5.74, 6) is -0.421.